The summed E-state index contributed by atoms with van der Waals surface area (Å²) < 4.78 is 0. The number of nitrogens with zero attached hydrogens (tertiary/aromatic N) is 3. The number of aliphatic imine (C=N–C) groups is 2. The van der Waals surface area contributed by atoms with Crippen molar-refractivity contribution < 1.29 is 0 Å². The van der Waals surface area contributed by atoms with Crippen LogP contribution in [-0.2, 0) is 0 Å². The molecule has 5 nitrogen and oxygen atoms in total. The third-order valence-corrected chi connectivity index (χ3v) is 9.42. The summed E-state index contributed by atoms with van der Waals surface area (Å²) in [5.74, 6) is 1.90. The molecule has 1 aliphatic carbocycles. The average molecular weight is 608 g/mol. The van der Waals surface area contributed by atoms with Gasteiger partial charge in [0.25, 0.3) is 0 Å². The summed E-state index contributed by atoms with van der Waals surface area (Å²) >= 11 is 0. The molecule has 6 aromatic carbocycles. The molecule has 0 amide bonds. The van der Waals surface area contributed by atoms with Crippen molar-refractivity contribution in [3.05, 3.63) is 174 Å². The standard InChI is InChI=1S/C42H33N5/c1-5-13-29(14-6-1)39-44-40(30-15-7-2-8-16-30)46-41(45-39)33-23-25-35-32(27-33)22-21-28-24-26-36-38(37(28)35)43-42(31-17-9-3-10-18-31)47(36)34-19-11-4-12-20-34/h1-17,19-27,31,41-43H,18H2,(H,44,45,46). The van der Waals surface area contributed by atoms with E-state index >= 15 is 0 Å². The van der Waals surface area contributed by atoms with Crippen LogP contribution in [0.4, 0.5) is 17.1 Å². The van der Waals surface area contributed by atoms with Gasteiger partial charge in [0.05, 0.1) is 11.4 Å². The Balaban J connectivity index is 1.15. The number of allylic oxidation sites excluding steroid dienone is 3. The fourth-order valence-corrected chi connectivity index (χ4v) is 7.14. The average Bonchev–Trinajstić information content (AvgIpc) is 3.56. The highest BCUT2D eigenvalue weighted by molar-refractivity contribution is 6.18. The predicted molar refractivity (Wildman–Crippen MR) is 196 cm³/mol. The minimum Gasteiger partial charge on any atom is -0.362 e. The van der Waals surface area contributed by atoms with Crippen LogP contribution in [0.2, 0.25) is 0 Å². The normalized spacial score (nSPS) is 20.0. The van der Waals surface area contributed by atoms with Crippen molar-refractivity contribution in [3.63, 3.8) is 0 Å². The first-order chi connectivity index (χ1) is 23.3. The van der Waals surface area contributed by atoms with E-state index in [1.54, 1.807) is 0 Å². The molecular formula is C42H33N5. The molecule has 2 heterocycles. The van der Waals surface area contributed by atoms with E-state index in [4.69, 9.17) is 9.98 Å². The Morgan fingerprint density at radius 1 is 0.660 bits per heavy atom. The van der Waals surface area contributed by atoms with Crippen molar-refractivity contribution in [2.45, 2.75) is 18.8 Å². The molecule has 2 N–H and O–H groups in total. The predicted octanol–water partition coefficient (Wildman–Crippen LogP) is 9.51. The second-order valence-electron chi connectivity index (χ2n) is 12.3. The molecule has 0 fully saturated rings. The van der Waals surface area contributed by atoms with Crippen LogP contribution in [0.25, 0.3) is 21.5 Å². The van der Waals surface area contributed by atoms with E-state index in [0.717, 1.165) is 34.8 Å². The molecule has 0 spiro atoms. The van der Waals surface area contributed by atoms with Gasteiger partial charge in [-0.05, 0) is 52.4 Å². The first kappa shape index (κ1) is 27.4. The Kier molecular flexibility index (Phi) is 6.67. The van der Waals surface area contributed by atoms with E-state index in [-0.39, 0.29) is 12.3 Å². The highest BCUT2D eigenvalue weighted by atomic mass is 15.3. The zero-order chi connectivity index (χ0) is 31.2. The van der Waals surface area contributed by atoms with Crippen molar-refractivity contribution >= 4 is 50.3 Å². The maximum Gasteiger partial charge on any atom is 0.159 e. The first-order valence-corrected chi connectivity index (χ1v) is 16.3. The molecule has 0 bridgehead atoms. The van der Waals surface area contributed by atoms with E-state index in [9.17, 15) is 0 Å². The second kappa shape index (κ2) is 11.5. The van der Waals surface area contributed by atoms with Crippen molar-refractivity contribution in [2.75, 3.05) is 10.2 Å². The van der Waals surface area contributed by atoms with Crippen LogP contribution in [-0.4, -0.2) is 17.8 Å². The lowest BCUT2D eigenvalue weighted by molar-refractivity contribution is 0.552. The molecule has 6 aromatic rings. The van der Waals surface area contributed by atoms with Gasteiger partial charge in [-0.1, -0.05) is 133 Å². The van der Waals surface area contributed by atoms with Crippen LogP contribution in [0, 0.1) is 5.92 Å². The fourth-order valence-electron chi connectivity index (χ4n) is 7.14. The third kappa shape index (κ3) is 4.88. The molecule has 0 saturated carbocycles. The molecule has 9 rings (SSSR count). The molecule has 226 valence electrons. The zero-order valence-corrected chi connectivity index (χ0v) is 25.8. The summed E-state index contributed by atoms with van der Waals surface area (Å²) in [4.78, 5) is 12.5. The van der Waals surface area contributed by atoms with Crippen LogP contribution in [0.15, 0.2) is 168 Å². The highest BCUT2D eigenvalue weighted by Gasteiger charge is 2.36. The molecule has 3 unspecified atom stereocenters. The van der Waals surface area contributed by atoms with E-state index < -0.39 is 0 Å². The number of para-hydroxylation sites is 1. The monoisotopic (exact) mass is 607 g/mol. The number of hydrogen-bond donors (Lipinski definition) is 2. The van der Waals surface area contributed by atoms with Gasteiger partial charge in [0, 0.05) is 28.1 Å². The van der Waals surface area contributed by atoms with Crippen LogP contribution < -0.4 is 15.5 Å². The summed E-state index contributed by atoms with van der Waals surface area (Å²) in [6, 6.07) is 47.0. The van der Waals surface area contributed by atoms with E-state index in [0.29, 0.717) is 5.92 Å². The Morgan fingerprint density at radius 2 is 1.38 bits per heavy atom. The molecular weight excluding hydrogens is 574 g/mol. The second-order valence-corrected chi connectivity index (χ2v) is 12.3. The maximum absolute atomic E-state index is 5.12. The van der Waals surface area contributed by atoms with E-state index in [1.807, 2.05) is 36.4 Å². The van der Waals surface area contributed by atoms with Crippen molar-refractivity contribution in [1.29, 1.82) is 0 Å². The maximum atomic E-state index is 5.12. The number of rotatable bonds is 5. The summed E-state index contributed by atoms with van der Waals surface area (Å²) in [5, 5.41) is 12.5. The number of benzene rings is 6. The van der Waals surface area contributed by atoms with Gasteiger partial charge in [-0.3, -0.25) is 0 Å². The van der Waals surface area contributed by atoms with Gasteiger partial charge in [-0.15, -0.1) is 0 Å². The Morgan fingerprint density at radius 3 is 2.15 bits per heavy atom. The number of anilines is 3. The number of amidine groups is 2. The van der Waals surface area contributed by atoms with Crippen molar-refractivity contribution in [3.8, 4) is 0 Å². The molecule has 2 aliphatic heterocycles. The van der Waals surface area contributed by atoms with Crippen LogP contribution >= 0.6 is 0 Å². The molecule has 3 aliphatic rings. The highest BCUT2D eigenvalue weighted by Crippen LogP contribution is 2.48. The molecule has 3 atom stereocenters. The number of fused-ring (bicyclic) bond motifs is 5. The first-order valence-electron chi connectivity index (χ1n) is 16.3. The molecule has 0 aromatic heterocycles. The molecule has 47 heavy (non-hydrogen) atoms. The lowest BCUT2D eigenvalue weighted by atomic mass is 9.96. The summed E-state index contributed by atoms with van der Waals surface area (Å²) in [6.07, 6.45) is 9.77. The topological polar surface area (TPSA) is 52.0 Å². The van der Waals surface area contributed by atoms with Crippen molar-refractivity contribution in [1.82, 2.24) is 5.32 Å². The molecule has 0 saturated heterocycles. The minimum atomic E-state index is -0.276. The summed E-state index contributed by atoms with van der Waals surface area (Å²) in [6.45, 7) is 0. The lowest BCUT2D eigenvalue weighted by Gasteiger charge is -2.32. The van der Waals surface area contributed by atoms with E-state index in [2.05, 4.69) is 137 Å². The fraction of sp³-hybridized carbons (Fsp3) is 0.0952. The van der Waals surface area contributed by atoms with Gasteiger partial charge in [-0.2, -0.15) is 0 Å². The molecule has 0 radical (unpaired) electrons. The van der Waals surface area contributed by atoms with Gasteiger partial charge in [0.15, 0.2) is 5.84 Å². The van der Waals surface area contributed by atoms with Crippen LogP contribution in [0.1, 0.15) is 29.3 Å². The smallest absolute Gasteiger partial charge is 0.159 e. The van der Waals surface area contributed by atoms with Gasteiger partial charge in [-0.25, -0.2) is 9.98 Å². The minimum absolute atomic E-state index is 0.113. The Hall–Kier alpha value is -5.94. The largest absolute Gasteiger partial charge is 0.362 e. The Bertz CT molecular complexity index is 2240. The third-order valence-electron chi connectivity index (χ3n) is 9.42. The molecule has 5 heteroatoms. The number of nitrogens with one attached hydrogen (secondary N) is 2. The lowest BCUT2D eigenvalue weighted by Crippen LogP contribution is -2.38. The SMILES string of the molecule is C1=CCC(C2Nc3c(ccc4ccc5cc(C6N=C(c7ccccc7)N=C(c7ccccc7)N6)ccc5c34)N2c2ccccc2)C=C1. The van der Waals surface area contributed by atoms with Gasteiger partial charge in [0.2, 0.25) is 0 Å². The van der Waals surface area contributed by atoms with Gasteiger partial charge in [0.1, 0.15) is 18.2 Å². The zero-order valence-electron chi connectivity index (χ0n) is 25.8. The van der Waals surface area contributed by atoms with Crippen LogP contribution in [0.5, 0.6) is 0 Å². The number of hydrogen-bond acceptors (Lipinski definition) is 5. The van der Waals surface area contributed by atoms with Crippen LogP contribution in [0.3, 0.4) is 0 Å². The summed E-state index contributed by atoms with van der Waals surface area (Å²) in [5.41, 5.74) is 6.73. The van der Waals surface area contributed by atoms with Crippen molar-refractivity contribution in [2.24, 2.45) is 15.9 Å². The summed E-state index contributed by atoms with van der Waals surface area (Å²) in [7, 11) is 0. The van der Waals surface area contributed by atoms with Gasteiger partial charge >= 0.3 is 0 Å². The van der Waals surface area contributed by atoms with Gasteiger partial charge < -0.3 is 15.5 Å². The Labute approximate surface area is 274 Å². The quantitative estimate of drug-likeness (QED) is 0.192. The van der Waals surface area contributed by atoms with E-state index in [1.165, 1.54) is 38.6 Å².